The molecule has 0 N–H and O–H groups in total. The Morgan fingerprint density at radius 1 is 1.10 bits per heavy atom. The Hall–Kier alpha value is -3.87. The molecule has 7 heteroatoms. The van der Waals surface area contributed by atoms with Crippen LogP contribution in [0, 0.1) is 0 Å². The average molecular weight is 403 g/mol. The van der Waals surface area contributed by atoms with Gasteiger partial charge < -0.3 is 18.8 Å². The number of hydrogen-bond donors (Lipinski definition) is 0. The van der Waals surface area contributed by atoms with Gasteiger partial charge in [0, 0.05) is 25.2 Å². The summed E-state index contributed by atoms with van der Waals surface area (Å²) in [5.74, 6) is 1.53. The molecule has 0 fully saturated rings. The first-order valence-corrected chi connectivity index (χ1v) is 9.43. The number of carbonyl (C=O) groups excluding carboxylic acids is 1. The molecule has 0 bridgehead atoms. The molecule has 2 aromatic carbocycles. The average Bonchev–Trinajstić information content (AvgIpc) is 3.26. The van der Waals surface area contributed by atoms with Crippen molar-refractivity contribution in [3.8, 4) is 11.5 Å². The van der Waals surface area contributed by atoms with Gasteiger partial charge in [-0.05, 0) is 42.0 Å². The molecular formula is C23H21N3O4. The van der Waals surface area contributed by atoms with E-state index in [2.05, 4.69) is 9.97 Å². The van der Waals surface area contributed by atoms with Crippen LogP contribution < -0.4 is 9.47 Å². The fourth-order valence-corrected chi connectivity index (χ4v) is 3.08. The second-order valence-electron chi connectivity index (χ2n) is 6.79. The standard InChI is InChI=1S/C23H21N3O4/c1-26(13-16-5-3-7-18(11-16)28-2)23(27)21-14-30-22(25-21)15-29-19-8-9-20-17(12-19)6-4-10-24-20/h3-12,14H,13,15H2,1-2H3. The largest absolute Gasteiger partial charge is 0.497 e. The van der Waals surface area contributed by atoms with E-state index in [-0.39, 0.29) is 18.2 Å². The van der Waals surface area contributed by atoms with E-state index >= 15 is 0 Å². The number of aromatic nitrogens is 2. The van der Waals surface area contributed by atoms with Crippen LogP contribution in [0.1, 0.15) is 21.9 Å². The van der Waals surface area contributed by atoms with E-state index in [0.29, 0.717) is 18.2 Å². The minimum atomic E-state index is -0.232. The van der Waals surface area contributed by atoms with Gasteiger partial charge in [-0.3, -0.25) is 9.78 Å². The zero-order chi connectivity index (χ0) is 20.9. The van der Waals surface area contributed by atoms with Gasteiger partial charge in [-0.25, -0.2) is 4.98 Å². The minimum absolute atomic E-state index is 0.124. The van der Waals surface area contributed by atoms with Gasteiger partial charge >= 0.3 is 0 Å². The summed E-state index contributed by atoms with van der Waals surface area (Å²) in [6.45, 7) is 0.554. The maximum absolute atomic E-state index is 12.7. The number of fused-ring (bicyclic) bond motifs is 1. The zero-order valence-corrected chi connectivity index (χ0v) is 16.7. The van der Waals surface area contributed by atoms with Crippen LogP contribution >= 0.6 is 0 Å². The Morgan fingerprint density at radius 3 is 2.87 bits per heavy atom. The van der Waals surface area contributed by atoms with E-state index in [1.165, 1.54) is 6.26 Å². The second kappa shape index (κ2) is 8.65. The van der Waals surface area contributed by atoms with Crippen molar-refractivity contribution >= 4 is 16.8 Å². The number of methoxy groups -OCH3 is 1. The summed E-state index contributed by atoms with van der Waals surface area (Å²) in [7, 11) is 3.33. The Bertz CT molecular complexity index is 1170. The molecule has 30 heavy (non-hydrogen) atoms. The Kier molecular flexibility index (Phi) is 5.61. The third kappa shape index (κ3) is 4.41. The molecule has 0 atom stereocenters. The summed E-state index contributed by atoms with van der Waals surface area (Å²) in [6, 6.07) is 17.1. The Morgan fingerprint density at radius 2 is 2.00 bits per heavy atom. The fourth-order valence-electron chi connectivity index (χ4n) is 3.08. The van der Waals surface area contributed by atoms with Gasteiger partial charge in [0.2, 0.25) is 5.89 Å². The Balaban J connectivity index is 1.38. The van der Waals surface area contributed by atoms with E-state index in [9.17, 15) is 4.79 Å². The van der Waals surface area contributed by atoms with Gasteiger partial charge in [-0.1, -0.05) is 18.2 Å². The van der Waals surface area contributed by atoms with Crippen molar-refractivity contribution in [2.45, 2.75) is 13.2 Å². The molecule has 2 heterocycles. The number of nitrogens with zero attached hydrogens (tertiary/aromatic N) is 3. The molecule has 7 nitrogen and oxygen atoms in total. The quantitative estimate of drug-likeness (QED) is 0.463. The van der Waals surface area contributed by atoms with Gasteiger partial charge in [-0.2, -0.15) is 0 Å². The molecule has 4 rings (SSSR count). The molecule has 0 saturated carbocycles. The van der Waals surface area contributed by atoms with Crippen molar-refractivity contribution < 1.29 is 18.7 Å². The number of ether oxygens (including phenoxy) is 2. The highest BCUT2D eigenvalue weighted by molar-refractivity contribution is 5.91. The molecule has 0 saturated heterocycles. The molecule has 0 spiro atoms. The van der Waals surface area contributed by atoms with Gasteiger partial charge in [-0.15, -0.1) is 0 Å². The molecule has 2 aromatic heterocycles. The second-order valence-corrected chi connectivity index (χ2v) is 6.79. The van der Waals surface area contributed by atoms with E-state index in [0.717, 1.165) is 22.2 Å². The van der Waals surface area contributed by atoms with Crippen molar-refractivity contribution in [1.29, 1.82) is 0 Å². The first-order valence-electron chi connectivity index (χ1n) is 9.43. The van der Waals surface area contributed by atoms with Crippen LogP contribution in [0.25, 0.3) is 10.9 Å². The highest BCUT2D eigenvalue weighted by Crippen LogP contribution is 2.20. The maximum atomic E-state index is 12.7. The first-order chi connectivity index (χ1) is 14.6. The molecular weight excluding hydrogens is 382 g/mol. The number of rotatable bonds is 7. The fraction of sp³-hybridized carbons (Fsp3) is 0.174. The van der Waals surface area contributed by atoms with E-state index < -0.39 is 0 Å². The summed E-state index contributed by atoms with van der Waals surface area (Å²) in [5, 5.41) is 0.984. The van der Waals surface area contributed by atoms with Crippen molar-refractivity contribution in [2.75, 3.05) is 14.2 Å². The van der Waals surface area contributed by atoms with Gasteiger partial charge in [0.25, 0.3) is 5.91 Å². The molecule has 1 amide bonds. The number of carbonyl (C=O) groups is 1. The third-order valence-electron chi connectivity index (χ3n) is 4.61. The zero-order valence-electron chi connectivity index (χ0n) is 16.7. The molecule has 152 valence electrons. The molecule has 0 unspecified atom stereocenters. The van der Waals surface area contributed by atoms with Crippen LogP contribution in [0.4, 0.5) is 0 Å². The normalized spacial score (nSPS) is 10.7. The number of benzene rings is 2. The van der Waals surface area contributed by atoms with E-state index in [4.69, 9.17) is 13.9 Å². The lowest BCUT2D eigenvalue weighted by Crippen LogP contribution is -2.26. The lowest BCUT2D eigenvalue weighted by Gasteiger charge is -2.16. The summed E-state index contributed by atoms with van der Waals surface area (Å²) in [6.07, 6.45) is 3.10. The number of oxazole rings is 1. The maximum Gasteiger partial charge on any atom is 0.275 e. The summed E-state index contributed by atoms with van der Waals surface area (Å²) >= 11 is 0. The molecule has 0 aliphatic rings. The van der Waals surface area contributed by atoms with Gasteiger partial charge in [0.1, 0.15) is 17.8 Å². The lowest BCUT2D eigenvalue weighted by atomic mass is 10.2. The lowest BCUT2D eigenvalue weighted by molar-refractivity contribution is 0.0779. The van der Waals surface area contributed by atoms with Crippen LogP contribution in [0.15, 0.2) is 71.5 Å². The third-order valence-corrected chi connectivity index (χ3v) is 4.61. The SMILES string of the molecule is COc1cccc(CN(C)C(=O)c2coc(COc3ccc4ncccc4c3)n2)c1. The van der Waals surface area contributed by atoms with Crippen molar-refractivity contribution in [3.63, 3.8) is 0 Å². The highest BCUT2D eigenvalue weighted by Gasteiger charge is 2.17. The predicted molar refractivity (Wildman–Crippen MR) is 111 cm³/mol. The monoisotopic (exact) mass is 403 g/mol. The summed E-state index contributed by atoms with van der Waals surface area (Å²) in [4.78, 5) is 22.8. The molecule has 4 aromatic rings. The van der Waals surface area contributed by atoms with Crippen LogP contribution in [-0.2, 0) is 13.2 Å². The van der Waals surface area contributed by atoms with Crippen LogP contribution in [0.3, 0.4) is 0 Å². The Labute approximate surface area is 173 Å². The summed E-state index contributed by atoms with van der Waals surface area (Å²) < 4.78 is 16.4. The molecule has 0 aliphatic heterocycles. The number of amides is 1. The number of hydrogen-bond acceptors (Lipinski definition) is 6. The van der Waals surface area contributed by atoms with Crippen molar-refractivity contribution in [2.24, 2.45) is 0 Å². The predicted octanol–water partition coefficient (Wildman–Crippen LogP) is 4.08. The van der Waals surface area contributed by atoms with Crippen molar-refractivity contribution in [1.82, 2.24) is 14.9 Å². The molecule has 0 aliphatic carbocycles. The van der Waals surface area contributed by atoms with Crippen LogP contribution in [0.5, 0.6) is 11.5 Å². The van der Waals surface area contributed by atoms with Crippen LogP contribution in [-0.4, -0.2) is 34.9 Å². The number of pyridine rings is 1. The first kappa shape index (κ1) is 19.4. The topological polar surface area (TPSA) is 77.7 Å². The van der Waals surface area contributed by atoms with Crippen LogP contribution in [0.2, 0.25) is 0 Å². The molecule has 0 radical (unpaired) electrons. The minimum Gasteiger partial charge on any atom is -0.497 e. The van der Waals surface area contributed by atoms with Gasteiger partial charge in [0.05, 0.1) is 12.6 Å². The van der Waals surface area contributed by atoms with E-state index in [1.54, 1.807) is 25.3 Å². The van der Waals surface area contributed by atoms with Crippen molar-refractivity contribution in [3.05, 3.63) is 84.2 Å². The summed E-state index contributed by atoms with van der Waals surface area (Å²) in [5.41, 5.74) is 2.10. The smallest absolute Gasteiger partial charge is 0.275 e. The highest BCUT2D eigenvalue weighted by atomic mass is 16.5. The van der Waals surface area contributed by atoms with E-state index in [1.807, 2.05) is 54.6 Å². The van der Waals surface area contributed by atoms with Gasteiger partial charge in [0.15, 0.2) is 12.3 Å².